The van der Waals surface area contributed by atoms with Crippen molar-refractivity contribution in [2.75, 3.05) is 30.5 Å². The number of para-hydroxylation sites is 1. The van der Waals surface area contributed by atoms with E-state index in [1.54, 1.807) is 11.8 Å². The summed E-state index contributed by atoms with van der Waals surface area (Å²) in [5, 5.41) is 6.54. The van der Waals surface area contributed by atoms with Gasteiger partial charge in [-0.2, -0.15) is 0 Å². The Morgan fingerprint density at radius 2 is 1.78 bits per heavy atom. The maximum Gasteiger partial charge on any atom is 0.121 e. The molecule has 120 valence electrons. The fraction of sp³-hybridized carbons (Fsp3) is 0.211. The Morgan fingerprint density at radius 3 is 2.52 bits per heavy atom. The summed E-state index contributed by atoms with van der Waals surface area (Å²) in [6, 6.07) is 14.5. The number of hydrogen-bond acceptors (Lipinski definition) is 4. The lowest BCUT2D eigenvalue weighted by molar-refractivity contribution is -0.107. The Labute approximate surface area is 142 Å². The maximum atomic E-state index is 10.5. The molecule has 3 nitrogen and oxygen atoms in total. The summed E-state index contributed by atoms with van der Waals surface area (Å²) in [6.07, 6.45) is 7.75. The first-order valence-electron chi connectivity index (χ1n) is 7.59. The van der Waals surface area contributed by atoms with E-state index in [0.717, 1.165) is 23.2 Å². The van der Waals surface area contributed by atoms with E-state index in [-0.39, 0.29) is 0 Å². The van der Waals surface area contributed by atoms with Crippen LogP contribution in [0.25, 0.3) is 12.2 Å². The molecule has 4 heteroatoms. The highest BCUT2D eigenvalue weighted by Crippen LogP contribution is 2.28. The number of hydrogen-bond donors (Lipinski definition) is 2. The van der Waals surface area contributed by atoms with Gasteiger partial charge in [0, 0.05) is 24.9 Å². The van der Waals surface area contributed by atoms with Crippen molar-refractivity contribution in [2.24, 2.45) is 0 Å². The number of nitrogens with one attached hydrogen (secondary N) is 2. The number of benzene rings is 2. The molecule has 0 aromatic heterocycles. The van der Waals surface area contributed by atoms with E-state index in [1.165, 1.54) is 10.5 Å². The summed E-state index contributed by atoms with van der Waals surface area (Å²) in [4.78, 5) is 11.8. The standard InChI is InChI=1S/C19H22N2OS/c1-20-17-9-5-8-16(19(17)21-13-6-14-22)12-11-15-7-3-4-10-18(15)23-2/h3-5,7-12,14,20-21H,6,13H2,1-2H3/b12-11+. The largest absolute Gasteiger partial charge is 0.386 e. The number of aldehydes is 1. The van der Waals surface area contributed by atoms with Crippen molar-refractivity contribution >= 4 is 41.6 Å². The van der Waals surface area contributed by atoms with E-state index < -0.39 is 0 Å². The molecule has 0 aliphatic heterocycles. The minimum atomic E-state index is 0.497. The van der Waals surface area contributed by atoms with Crippen molar-refractivity contribution in [2.45, 2.75) is 11.3 Å². The summed E-state index contributed by atoms with van der Waals surface area (Å²) in [5.74, 6) is 0. The highest BCUT2D eigenvalue weighted by molar-refractivity contribution is 7.98. The Morgan fingerprint density at radius 1 is 1.04 bits per heavy atom. The summed E-state index contributed by atoms with van der Waals surface area (Å²) >= 11 is 1.74. The third-order valence-corrected chi connectivity index (χ3v) is 4.32. The van der Waals surface area contributed by atoms with Crippen LogP contribution in [0.1, 0.15) is 17.5 Å². The van der Waals surface area contributed by atoms with E-state index in [1.807, 2.05) is 25.2 Å². The first-order valence-corrected chi connectivity index (χ1v) is 8.82. The van der Waals surface area contributed by atoms with Gasteiger partial charge in [-0.1, -0.05) is 42.5 Å². The Balaban J connectivity index is 2.30. The van der Waals surface area contributed by atoms with E-state index in [4.69, 9.17) is 0 Å². The van der Waals surface area contributed by atoms with Crippen LogP contribution in [0.2, 0.25) is 0 Å². The fourth-order valence-corrected chi connectivity index (χ4v) is 2.94. The number of anilines is 2. The lowest BCUT2D eigenvalue weighted by atomic mass is 10.1. The zero-order valence-corrected chi connectivity index (χ0v) is 14.3. The molecule has 2 N–H and O–H groups in total. The van der Waals surface area contributed by atoms with Crippen molar-refractivity contribution in [1.29, 1.82) is 0 Å². The average Bonchev–Trinajstić information content (AvgIpc) is 2.60. The van der Waals surface area contributed by atoms with E-state index in [9.17, 15) is 4.79 Å². The predicted octanol–water partition coefficient (Wildman–Crippen LogP) is 4.62. The van der Waals surface area contributed by atoms with Crippen LogP contribution in [-0.4, -0.2) is 26.1 Å². The highest BCUT2D eigenvalue weighted by atomic mass is 32.2. The van der Waals surface area contributed by atoms with Crippen molar-refractivity contribution < 1.29 is 4.79 Å². The molecule has 0 atom stereocenters. The second-order valence-electron chi connectivity index (χ2n) is 4.98. The molecule has 0 heterocycles. The van der Waals surface area contributed by atoms with Gasteiger partial charge in [-0.05, 0) is 29.5 Å². The van der Waals surface area contributed by atoms with Crippen molar-refractivity contribution in [3.63, 3.8) is 0 Å². The second kappa shape index (κ2) is 9.06. The van der Waals surface area contributed by atoms with Crippen LogP contribution < -0.4 is 10.6 Å². The second-order valence-corrected chi connectivity index (χ2v) is 5.83. The van der Waals surface area contributed by atoms with Gasteiger partial charge in [0.15, 0.2) is 0 Å². The molecule has 0 spiro atoms. The van der Waals surface area contributed by atoms with Gasteiger partial charge in [-0.3, -0.25) is 0 Å². The summed E-state index contributed by atoms with van der Waals surface area (Å²) in [7, 11) is 1.90. The summed E-state index contributed by atoms with van der Waals surface area (Å²) < 4.78 is 0. The molecule has 0 saturated heterocycles. The zero-order chi connectivity index (χ0) is 16.5. The highest BCUT2D eigenvalue weighted by Gasteiger charge is 2.05. The molecule has 0 aliphatic rings. The number of rotatable bonds is 8. The predicted molar refractivity (Wildman–Crippen MR) is 102 cm³/mol. The van der Waals surface area contributed by atoms with E-state index >= 15 is 0 Å². The van der Waals surface area contributed by atoms with Crippen LogP contribution in [0.4, 0.5) is 11.4 Å². The van der Waals surface area contributed by atoms with Crippen molar-refractivity contribution in [1.82, 2.24) is 0 Å². The monoisotopic (exact) mass is 326 g/mol. The Bertz CT molecular complexity index is 683. The summed E-state index contributed by atoms with van der Waals surface area (Å²) in [6.45, 7) is 0.629. The average molecular weight is 326 g/mol. The molecule has 0 unspecified atom stereocenters. The van der Waals surface area contributed by atoms with Gasteiger partial charge >= 0.3 is 0 Å². The quantitative estimate of drug-likeness (QED) is 0.321. The first kappa shape index (κ1) is 17.2. The van der Waals surface area contributed by atoms with Gasteiger partial charge in [0.1, 0.15) is 6.29 Å². The smallest absolute Gasteiger partial charge is 0.121 e. The molecule has 0 amide bonds. The molecule has 2 rings (SSSR count). The third-order valence-electron chi connectivity index (χ3n) is 3.51. The normalized spacial score (nSPS) is 10.7. The molecule has 0 saturated carbocycles. The Kier molecular flexibility index (Phi) is 6.76. The van der Waals surface area contributed by atoms with Crippen molar-refractivity contribution in [3.8, 4) is 0 Å². The van der Waals surface area contributed by atoms with Crippen LogP contribution in [0.3, 0.4) is 0 Å². The van der Waals surface area contributed by atoms with E-state index in [2.05, 4.69) is 53.3 Å². The van der Waals surface area contributed by atoms with Gasteiger partial charge in [0.25, 0.3) is 0 Å². The molecule has 23 heavy (non-hydrogen) atoms. The molecule has 2 aromatic carbocycles. The number of thioether (sulfide) groups is 1. The number of carbonyl (C=O) groups is 1. The van der Waals surface area contributed by atoms with Crippen molar-refractivity contribution in [3.05, 3.63) is 53.6 Å². The molecule has 2 aromatic rings. The van der Waals surface area contributed by atoms with Gasteiger partial charge in [0.05, 0.1) is 11.4 Å². The molecule has 0 radical (unpaired) electrons. The minimum absolute atomic E-state index is 0.497. The minimum Gasteiger partial charge on any atom is -0.386 e. The molecule has 0 fully saturated rings. The van der Waals surface area contributed by atoms with Gasteiger partial charge in [0.2, 0.25) is 0 Å². The van der Waals surface area contributed by atoms with Gasteiger partial charge < -0.3 is 15.4 Å². The van der Waals surface area contributed by atoms with Gasteiger partial charge in [-0.15, -0.1) is 11.8 Å². The topological polar surface area (TPSA) is 41.1 Å². The first-order chi connectivity index (χ1) is 11.3. The van der Waals surface area contributed by atoms with Crippen LogP contribution in [0, 0.1) is 0 Å². The lowest BCUT2D eigenvalue weighted by Gasteiger charge is -2.14. The van der Waals surface area contributed by atoms with Gasteiger partial charge in [-0.25, -0.2) is 0 Å². The van der Waals surface area contributed by atoms with Crippen LogP contribution in [0.5, 0.6) is 0 Å². The lowest BCUT2D eigenvalue weighted by Crippen LogP contribution is -2.06. The fourth-order valence-electron chi connectivity index (χ4n) is 2.35. The molecule has 0 bridgehead atoms. The number of carbonyl (C=O) groups excluding carboxylic acids is 1. The molecule has 0 aliphatic carbocycles. The Hall–Kier alpha value is -2.20. The molecular formula is C19H22N2OS. The van der Waals surface area contributed by atoms with E-state index in [0.29, 0.717) is 13.0 Å². The van der Waals surface area contributed by atoms with Crippen LogP contribution in [0.15, 0.2) is 47.4 Å². The summed E-state index contributed by atoms with van der Waals surface area (Å²) in [5.41, 5.74) is 4.35. The van der Waals surface area contributed by atoms with Crippen LogP contribution in [-0.2, 0) is 4.79 Å². The van der Waals surface area contributed by atoms with Crippen LogP contribution >= 0.6 is 11.8 Å². The SMILES string of the molecule is CNc1cccc(/C=C/c2ccccc2SC)c1NCCC=O. The third kappa shape index (κ3) is 4.63. The maximum absolute atomic E-state index is 10.5. The molecular weight excluding hydrogens is 304 g/mol. The zero-order valence-electron chi connectivity index (χ0n) is 13.5.